The average molecular weight is 1320 g/mol. The van der Waals surface area contributed by atoms with Gasteiger partial charge in [0.25, 0.3) is 10.2 Å². The lowest BCUT2D eigenvalue weighted by Crippen LogP contribution is -2.74. The van der Waals surface area contributed by atoms with E-state index in [9.17, 15) is 38.8 Å². The molecule has 18 nitrogen and oxygen atoms in total. The number of benzene rings is 4. The molecule has 3 heterocycles. The second kappa shape index (κ2) is 34.2. The number of hydrogen-bond donors (Lipinski definition) is 3. The molecule has 1 fully saturated rings. The smallest absolute Gasteiger partial charge is 0.453 e. The molecule has 3 aliphatic heterocycles. The standard InChI is InChI=1S/C35H50F5N2O7S.C30H46N2O7S/c1-32(27-13-15-28(16-14-27)48-25-45-3)24-47-31-23-29(49-26-46-4)17-18-30(31)33(32)19-10-8-6-5-7-9-11-21-41-50(43,44)42(33,2)22-12-20-34(36,37)35(38,39)40;1-30(24-13-15-25(16-14-24)38-22-35-3)21-37-29-20-26(39-23-36-4)17-18-27(29)28(30)12-10-8-6-5-7-9-11-19-32-40(33,34)31-2/h13-18,23,41H,5-12,19-22,24-26H2,1-4H3;13-18,20,28,31-32H,5-12,19,21-23H2,1-4H3/q+1;. The number of quaternary nitrogens is 1. The predicted octanol–water partition coefficient (Wildman–Crippen LogP) is 12.9. The Morgan fingerprint density at radius 3 is 1.68 bits per heavy atom. The van der Waals surface area contributed by atoms with Crippen molar-refractivity contribution in [3.8, 4) is 34.5 Å². The van der Waals surface area contributed by atoms with E-state index in [1.54, 1.807) is 56.7 Å². The molecule has 0 aromatic heterocycles. The van der Waals surface area contributed by atoms with Crippen molar-refractivity contribution in [2.24, 2.45) is 0 Å². The molecule has 3 aliphatic rings. The number of alkyl halides is 5. The lowest BCUT2D eigenvalue weighted by molar-refractivity contribution is -0.863. The summed E-state index contributed by atoms with van der Waals surface area (Å²) in [5.41, 5.74) is 0.789. The van der Waals surface area contributed by atoms with Crippen molar-refractivity contribution in [3.63, 3.8) is 0 Å². The van der Waals surface area contributed by atoms with Gasteiger partial charge in [0.15, 0.2) is 32.7 Å². The monoisotopic (exact) mass is 1320 g/mol. The van der Waals surface area contributed by atoms with E-state index < -0.39 is 66.7 Å². The Labute approximate surface area is 530 Å². The number of methoxy groups -OCH3 is 4. The number of unbranched alkanes of at least 4 members (excludes halogenated alkanes) is 6. The van der Waals surface area contributed by atoms with E-state index in [2.05, 4.69) is 39.3 Å². The summed E-state index contributed by atoms with van der Waals surface area (Å²) in [5.74, 6) is -1.08. The van der Waals surface area contributed by atoms with E-state index in [1.165, 1.54) is 45.9 Å². The van der Waals surface area contributed by atoms with E-state index in [1.807, 2.05) is 31.2 Å². The lowest BCUT2D eigenvalue weighted by Gasteiger charge is -2.59. The van der Waals surface area contributed by atoms with Gasteiger partial charge >= 0.3 is 22.3 Å². The normalized spacial score (nSPS) is 23.0. The first kappa shape index (κ1) is 74.0. The molecular weight excluding hydrogens is 1220 g/mol. The van der Waals surface area contributed by atoms with Gasteiger partial charge in [-0.25, -0.2) is 9.44 Å². The molecule has 1 spiro atoms. The third-order valence-electron chi connectivity index (χ3n) is 17.9. The molecule has 3 N–H and O–H groups in total. The van der Waals surface area contributed by atoms with Crippen LogP contribution >= 0.6 is 0 Å². The van der Waals surface area contributed by atoms with Gasteiger partial charge in [-0.2, -0.15) is 47.4 Å². The quantitative estimate of drug-likeness (QED) is 0.0193. The summed E-state index contributed by atoms with van der Waals surface area (Å²) >= 11 is 0. The second-order valence-electron chi connectivity index (χ2n) is 23.9. The molecule has 0 radical (unpaired) electrons. The molecule has 90 heavy (non-hydrogen) atoms. The van der Waals surface area contributed by atoms with Crippen LogP contribution in [0.3, 0.4) is 0 Å². The first-order valence-electron chi connectivity index (χ1n) is 31.1. The summed E-state index contributed by atoms with van der Waals surface area (Å²) in [6.07, 6.45) is 6.34. The Kier molecular flexibility index (Phi) is 28.1. The summed E-state index contributed by atoms with van der Waals surface area (Å²) in [4.78, 5) is 0. The largest absolute Gasteiger partial charge is 0.492 e. The molecule has 1 saturated heterocycles. The number of halogens is 5. The van der Waals surface area contributed by atoms with Gasteiger partial charge in [-0.3, -0.25) is 0 Å². The van der Waals surface area contributed by atoms with Crippen molar-refractivity contribution in [2.75, 3.05) is 103 Å². The SMILES string of the molecule is CNS(=O)(=O)NCCCCCCCCCC1c2ccc(OCOC)cc2OCC1(C)c1ccc(OCOC)cc1.COCOc1ccc(C2(C)COc3cc(OCOC)ccc3C23CCCCCCCCCNS(=O)(=O)[N+]3(C)CCCC(F)(F)C(F)(F)F)cc1. The van der Waals surface area contributed by atoms with Crippen molar-refractivity contribution < 1.29 is 90.0 Å². The first-order valence-corrected chi connectivity index (χ1v) is 34.0. The third-order valence-corrected chi connectivity index (χ3v) is 21.2. The number of hydrogen-bond acceptors (Lipinski definition) is 14. The number of nitrogens with zero attached hydrogens (tertiary/aromatic N) is 1. The second-order valence-corrected chi connectivity index (χ2v) is 27.7. The minimum absolute atomic E-state index is 0.00590. The van der Waals surface area contributed by atoms with Crippen molar-refractivity contribution >= 4 is 20.4 Å². The highest BCUT2D eigenvalue weighted by molar-refractivity contribution is 7.87. The number of ether oxygens (including phenoxy) is 10. The topological polar surface area (TPSA) is 197 Å². The molecule has 7 rings (SSSR count). The van der Waals surface area contributed by atoms with Crippen LogP contribution in [0, 0.1) is 0 Å². The molecule has 4 aromatic rings. The molecule has 0 saturated carbocycles. The van der Waals surface area contributed by atoms with Crippen molar-refractivity contribution in [1.82, 2.24) is 14.2 Å². The maximum absolute atomic E-state index is 14.9. The third kappa shape index (κ3) is 18.6. The van der Waals surface area contributed by atoms with E-state index in [0.717, 1.165) is 94.3 Å². The number of nitrogens with one attached hydrogen (secondary N) is 3. The minimum atomic E-state index is -5.77. The van der Waals surface area contributed by atoms with Crippen molar-refractivity contribution in [3.05, 3.63) is 107 Å². The Morgan fingerprint density at radius 1 is 0.622 bits per heavy atom. The van der Waals surface area contributed by atoms with Crippen LogP contribution in [0.5, 0.6) is 34.5 Å². The zero-order chi connectivity index (χ0) is 65.5. The summed E-state index contributed by atoms with van der Waals surface area (Å²) in [6.45, 7) is 5.12. The highest BCUT2D eigenvalue weighted by atomic mass is 32.2. The fourth-order valence-corrected chi connectivity index (χ4v) is 15.3. The van der Waals surface area contributed by atoms with Crippen LogP contribution in [0.4, 0.5) is 22.0 Å². The van der Waals surface area contributed by atoms with Gasteiger partial charge < -0.3 is 47.4 Å². The fourth-order valence-electron chi connectivity index (χ4n) is 12.9. The van der Waals surface area contributed by atoms with E-state index in [4.69, 9.17) is 47.4 Å². The molecule has 0 bridgehead atoms. The Bertz CT molecular complexity index is 3040. The Balaban J connectivity index is 0.000000294. The zero-order valence-electron chi connectivity index (χ0n) is 53.6. The summed E-state index contributed by atoms with van der Waals surface area (Å²) < 4.78 is 184. The van der Waals surface area contributed by atoms with Crippen LogP contribution in [0.1, 0.15) is 158 Å². The fraction of sp³-hybridized carbons (Fsp3) is 0.631. The van der Waals surface area contributed by atoms with Gasteiger partial charge in [-0.1, -0.05) is 108 Å². The van der Waals surface area contributed by atoms with Gasteiger partial charge in [0.05, 0.1) is 31.2 Å². The van der Waals surface area contributed by atoms with Crippen molar-refractivity contribution in [1.29, 1.82) is 0 Å². The zero-order valence-corrected chi connectivity index (χ0v) is 55.3. The van der Waals surface area contributed by atoms with Crippen LogP contribution in [-0.4, -0.2) is 135 Å². The van der Waals surface area contributed by atoms with Crippen molar-refractivity contribution in [2.45, 2.75) is 164 Å². The van der Waals surface area contributed by atoms with E-state index in [-0.39, 0.29) is 52.2 Å². The van der Waals surface area contributed by atoms with E-state index in [0.29, 0.717) is 60.3 Å². The first-order chi connectivity index (χ1) is 42.9. The molecule has 25 heteroatoms. The molecule has 0 aliphatic carbocycles. The number of fused-ring (bicyclic) bond motifs is 3. The van der Waals surface area contributed by atoms with Crippen LogP contribution in [0.25, 0.3) is 0 Å². The minimum Gasteiger partial charge on any atom is -0.492 e. The van der Waals surface area contributed by atoms with Crippen LogP contribution < -0.4 is 42.6 Å². The van der Waals surface area contributed by atoms with Crippen LogP contribution in [-0.2, 0) is 55.7 Å². The highest BCUT2D eigenvalue weighted by Gasteiger charge is 2.69. The molecule has 4 aromatic carbocycles. The van der Waals surface area contributed by atoms with Gasteiger partial charge in [-0.15, -0.1) is 0 Å². The maximum atomic E-state index is 14.9. The lowest BCUT2D eigenvalue weighted by atomic mass is 9.59. The Morgan fingerprint density at radius 2 is 1.11 bits per heavy atom. The van der Waals surface area contributed by atoms with E-state index >= 15 is 0 Å². The summed E-state index contributed by atoms with van der Waals surface area (Å²) in [6, 6.07) is 26.5. The highest BCUT2D eigenvalue weighted by Crippen LogP contribution is 2.60. The predicted molar refractivity (Wildman–Crippen MR) is 334 cm³/mol. The number of rotatable bonds is 30. The Hall–Kier alpha value is -5.09. The molecule has 5 atom stereocenters. The van der Waals surface area contributed by atoms with Gasteiger partial charge in [0.1, 0.15) is 41.1 Å². The average Bonchev–Trinajstić information content (AvgIpc) is 0.689. The van der Waals surface area contributed by atoms with Gasteiger partial charge in [0.2, 0.25) is 0 Å². The van der Waals surface area contributed by atoms with Crippen LogP contribution in [0.2, 0.25) is 0 Å². The van der Waals surface area contributed by atoms with Gasteiger partial charge in [-0.05, 0) is 91.8 Å². The summed E-state index contributed by atoms with van der Waals surface area (Å²) in [5, 5.41) is 0. The molecule has 5 unspecified atom stereocenters. The molecule has 506 valence electrons. The molecule has 0 amide bonds. The number of likely N-dealkylation sites (N-methyl/N-ethyl adjacent to an activating group) is 1. The van der Waals surface area contributed by atoms with Crippen LogP contribution in [0.15, 0.2) is 84.9 Å². The molecular formula is C65H96F5N4O14S2+. The summed E-state index contributed by atoms with van der Waals surface area (Å²) in [7, 11) is 1.23. The maximum Gasteiger partial charge on any atom is 0.453 e. The van der Waals surface area contributed by atoms with Gasteiger partial charge in [0, 0.05) is 91.3 Å².